The van der Waals surface area contributed by atoms with Crippen LogP contribution in [0.25, 0.3) is 0 Å². The van der Waals surface area contributed by atoms with Crippen LogP contribution in [0.3, 0.4) is 0 Å². The Morgan fingerprint density at radius 2 is 1.08 bits per heavy atom. The molecule has 1 aromatic carbocycles. The quantitative estimate of drug-likeness (QED) is 0.0919. The minimum absolute atomic E-state index is 0.00631. The summed E-state index contributed by atoms with van der Waals surface area (Å²) in [5.41, 5.74) is -3.34. The number of ether oxygens (including phenoxy) is 1. The minimum atomic E-state index is -5.11. The van der Waals surface area contributed by atoms with Crippen LogP contribution < -0.4 is 0 Å². The Kier molecular flexibility index (Phi) is 16.3. The van der Waals surface area contributed by atoms with Gasteiger partial charge in [-0.05, 0) is 43.9 Å². The third-order valence-electron chi connectivity index (χ3n) is 6.53. The first-order valence-corrected chi connectivity index (χ1v) is 13.9. The van der Waals surface area contributed by atoms with Gasteiger partial charge < -0.3 is 4.74 Å². The van der Waals surface area contributed by atoms with E-state index in [4.69, 9.17) is 4.74 Å². The predicted molar refractivity (Wildman–Crippen MR) is 136 cm³/mol. The summed E-state index contributed by atoms with van der Waals surface area (Å²) in [5.74, 6) is -0.193. The molecule has 1 aromatic rings. The van der Waals surface area contributed by atoms with Crippen molar-refractivity contribution in [1.82, 2.24) is 0 Å². The Balaban J connectivity index is 2.05. The van der Waals surface area contributed by atoms with Gasteiger partial charge in [0, 0.05) is 19.3 Å². The van der Waals surface area contributed by atoms with Gasteiger partial charge in [-0.1, -0.05) is 76.7 Å². The lowest BCUT2D eigenvalue weighted by Gasteiger charge is -2.16. The first-order chi connectivity index (χ1) is 17.9. The predicted octanol–water partition coefficient (Wildman–Crippen LogP) is 9.64. The number of rotatable bonds is 20. The van der Waals surface area contributed by atoms with Crippen molar-refractivity contribution in [2.45, 2.75) is 128 Å². The molecule has 0 saturated heterocycles. The third-order valence-corrected chi connectivity index (χ3v) is 6.53. The lowest BCUT2D eigenvalue weighted by molar-refractivity contribution is -0.162. The van der Waals surface area contributed by atoms with E-state index in [9.17, 15) is 35.9 Å². The van der Waals surface area contributed by atoms with Gasteiger partial charge in [-0.15, -0.1) is 0 Å². The van der Waals surface area contributed by atoms with Gasteiger partial charge >= 0.3 is 18.3 Å². The molecule has 9 heteroatoms. The summed E-state index contributed by atoms with van der Waals surface area (Å²) in [6.07, 6.45) is 4.72. The fourth-order valence-electron chi connectivity index (χ4n) is 4.41. The van der Waals surface area contributed by atoms with E-state index in [0.717, 1.165) is 57.4 Å². The summed E-state index contributed by atoms with van der Waals surface area (Å²) in [5, 5.41) is 0. The zero-order chi connectivity index (χ0) is 28.4. The molecule has 0 aliphatic rings. The maximum Gasteiger partial charge on any atom is 0.417 e. The van der Waals surface area contributed by atoms with Gasteiger partial charge in [0.2, 0.25) is 0 Å². The molecular formula is C29H42F6O3. The fraction of sp³-hybridized carbons (Fsp3) is 0.724. The third kappa shape index (κ3) is 15.4. The molecule has 0 fully saturated rings. The molecule has 0 aliphatic carbocycles. The first-order valence-electron chi connectivity index (χ1n) is 13.9. The number of hydrogen-bond acceptors (Lipinski definition) is 3. The van der Waals surface area contributed by atoms with Crippen LogP contribution in [0, 0.1) is 0 Å². The van der Waals surface area contributed by atoms with Gasteiger partial charge in [0.25, 0.3) is 0 Å². The SMILES string of the molecule is CCOC(=O)CCCCCCCCCCCCCCCC(=O)CCc1ccc(C(F)(F)F)c(C(F)(F)F)c1. The van der Waals surface area contributed by atoms with Crippen molar-refractivity contribution in [2.75, 3.05) is 6.61 Å². The summed E-state index contributed by atoms with van der Waals surface area (Å²) in [6.45, 7) is 2.25. The van der Waals surface area contributed by atoms with E-state index in [1.54, 1.807) is 0 Å². The largest absolute Gasteiger partial charge is 0.466 e. The molecule has 0 spiro atoms. The number of alkyl halides is 6. The summed E-state index contributed by atoms with van der Waals surface area (Å²) in [4.78, 5) is 23.3. The molecule has 218 valence electrons. The molecule has 0 radical (unpaired) electrons. The van der Waals surface area contributed by atoms with E-state index >= 15 is 0 Å². The summed E-state index contributed by atoms with van der Waals surface area (Å²) in [7, 11) is 0. The lowest BCUT2D eigenvalue weighted by Crippen LogP contribution is -2.17. The Labute approximate surface area is 222 Å². The molecule has 1 rings (SSSR count). The molecule has 0 unspecified atom stereocenters. The van der Waals surface area contributed by atoms with E-state index < -0.39 is 23.5 Å². The van der Waals surface area contributed by atoms with E-state index in [1.165, 1.54) is 32.1 Å². The highest BCUT2D eigenvalue weighted by Crippen LogP contribution is 2.40. The van der Waals surface area contributed by atoms with E-state index in [2.05, 4.69) is 0 Å². The van der Waals surface area contributed by atoms with Crippen LogP contribution in [0.5, 0.6) is 0 Å². The molecule has 0 N–H and O–H groups in total. The van der Waals surface area contributed by atoms with Crippen molar-refractivity contribution in [3.05, 3.63) is 34.9 Å². The number of Topliss-reactive ketones (excluding diaryl/α,β-unsaturated/α-hetero) is 1. The molecular weight excluding hydrogens is 510 g/mol. The minimum Gasteiger partial charge on any atom is -0.466 e. The maximum absolute atomic E-state index is 13.0. The van der Waals surface area contributed by atoms with Gasteiger partial charge in [0.05, 0.1) is 17.7 Å². The topological polar surface area (TPSA) is 43.4 Å². The van der Waals surface area contributed by atoms with Crippen molar-refractivity contribution in [3.8, 4) is 0 Å². The second kappa shape index (κ2) is 18.3. The Bertz CT molecular complexity index is 818. The molecule has 0 bridgehead atoms. The second-order valence-electron chi connectivity index (χ2n) is 9.82. The number of unbranched alkanes of at least 4 members (excludes halogenated alkanes) is 12. The van der Waals surface area contributed by atoms with Gasteiger partial charge in [0.15, 0.2) is 0 Å². The van der Waals surface area contributed by atoms with Crippen LogP contribution in [0.15, 0.2) is 18.2 Å². The highest BCUT2D eigenvalue weighted by Gasteiger charge is 2.43. The average Bonchev–Trinajstić information content (AvgIpc) is 2.84. The van der Waals surface area contributed by atoms with Crippen LogP contribution in [0.4, 0.5) is 26.3 Å². The monoisotopic (exact) mass is 552 g/mol. The van der Waals surface area contributed by atoms with Gasteiger partial charge in [0.1, 0.15) is 5.78 Å². The zero-order valence-electron chi connectivity index (χ0n) is 22.5. The first kappa shape index (κ1) is 34.0. The molecule has 0 aromatic heterocycles. The van der Waals surface area contributed by atoms with Crippen molar-refractivity contribution < 1.29 is 40.7 Å². The van der Waals surface area contributed by atoms with E-state index in [-0.39, 0.29) is 30.2 Å². The van der Waals surface area contributed by atoms with Crippen LogP contribution in [0.2, 0.25) is 0 Å². The Morgan fingerprint density at radius 1 is 0.632 bits per heavy atom. The van der Waals surface area contributed by atoms with E-state index in [0.29, 0.717) is 31.6 Å². The highest BCUT2D eigenvalue weighted by molar-refractivity contribution is 5.78. The van der Waals surface area contributed by atoms with Crippen LogP contribution in [0.1, 0.15) is 126 Å². The molecule has 0 heterocycles. The zero-order valence-corrected chi connectivity index (χ0v) is 22.5. The number of hydrogen-bond donors (Lipinski definition) is 0. The van der Waals surface area contributed by atoms with Crippen LogP contribution in [-0.4, -0.2) is 18.4 Å². The molecule has 0 saturated carbocycles. The number of carbonyl (C=O) groups excluding carboxylic acids is 2. The summed E-state index contributed by atoms with van der Waals surface area (Å²) in [6, 6.07) is 1.96. The number of esters is 1. The number of carbonyl (C=O) groups is 2. The summed E-state index contributed by atoms with van der Waals surface area (Å²) >= 11 is 0. The van der Waals surface area contributed by atoms with E-state index in [1.807, 2.05) is 6.92 Å². The number of benzene rings is 1. The second-order valence-corrected chi connectivity index (χ2v) is 9.82. The van der Waals surface area contributed by atoms with Gasteiger partial charge in [-0.25, -0.2) is 0 Å². The highest BCUT2D eigenvalue weighted by atomic mass is 19.4. The normalized spacial score (nSPS) is 12.1. The van der Waals surface area contributed by atoms with Crippen molar-refractivity contribution in [2.24, 2.45) is 0 Å². The Hall–Kier alpha value is -2.06. The molecule has 0 aliphatic heterocycles. The molecule has 38 heavy (non-hydrogen) atoms. The van der Waals surface area contributed by atoms with Crippen molar-refractivity contribution in [3.63, 3.8) is 0 Å². The number of halogens is 6. The molecule has 0 atom stereocenters. The van der Waals surface area contributed by atoms with Crippen molar-refractivity contribution in [1.29, 1.82) is 0 Å². The standard InChI is InChI=1S/C29H42F6O3/c1-2-38-27(37)17-15-13-11-9-7-5-3-4-6-8-10-12-14-16-24(36)20-18-23-19-21-25(28(30,31)32)26(22-23)29(33,34)35/h19,21-22H,2-18,20H2,1H3. The fourth-order valence-corrected chi connectivity index (χ4v) is 4.41. The van der Waals surface area contributed by atoms with Gasteiger partial charge in [-0.2, -0.15) is 26.3 Å². The smallest absolute Gasteiger partial charge is 0.417 e. The number of ketones is 1. The van der Waals surface area contributed by atoms with Crippen molar-refractivity contribution >= 4 is 11.8 Å². The summed E-state index contributed by atoms with van der Waals surface area (Å²) < 4.78 is 82.6. The van der Waals surface area contributed by atoms with Gasteiger partial charge in [-0.3, -0.25) is 9.59 Å². The average molecular weight is 553 g/mol. The Morgan fingerprint density at radius 3 is 1.53 bits per heavy atom. The lowest BCUT2D eigenvalue weighted by atomic mass is 9.98. The van der Waals surface area contributed by atoms with Crippen LogP contribution in [-0.2, 0) is 33.1 Å². The van der Waals surface area contributed by atoms with Crippen LogP contribution >= 0.6 is 0 Å². The molecule has 3 nitrogen and oxygen atoms in total. The number of aryl methyl sites for hydroxylation is 1. The maximum atomic E-state index is 13.0. The molecule has 0 amide bonds.